The molecule has 1 fully saturated rings. The van der Waals surface area contributed by atoms with Crippen molar-refractivity contribution in [3.63, 3.8) is 0 Å². The molecule has 0 bridgehead atoms. The molecule has 28 heavy (non-hydrogen) atoms. The van der Waals surface area contributed by atoms with Crippen LogP contribution in [0.2, 0.25) is 5.02 Å². The Hall–Kier alpha value is -2.10. The zero-order valence-corrected chi connectivity index (χ0v) is 16.1. The van der Waals surface area contributed by atoms with Crippen molar-refractivity contribution in [2.45, 2.75) is 41.9 Å². The number of aromatic nitrogens is 1. The van der Waals surface area contributed by atoms with E-state index in [1.807, 2.05) is 0 Å². The molecule has 0 aliphatic heterocycles. The molecule has 1 aliphatic carbocycles. The Morgan fingerprint density at radius 3 is 2.46 bits per heavy atom. The summed E-state index contributed by atoms with van der Waals surface area (Å²) in [4.78, 5) is 15.8. The third-order valence-corrected chi connectivity index (χ3v) is 7.37. The van der Waals surface area contributed by atoms with Crippen LogP contribution in [0.15, 0.2) is 35.4 Å². The van der Waals surface area contributed by atoms with E-state index in [-0.39, 0.29) is 21.3 Å². The number of benzene rings is 1. The Bertz CT molecular complexity index is 1010. The smallest absolute Gasteiger partial charge is 0.256 e. The molecule has 1 aromatic carbocycles. The van der Waals surface area contributed by atoms with Crippen molar-refractivity contribution in [2.24, 2.45) is 0 Å². The quantitative estimate of drug-likeness (QED) is 0.775. The van der Waals surface area contributed by atoms with Gasteiger partial charge in [0.25, 0.3) is 5.91 Å². The van der Waals surface area contributed by atoms with Gasteiger partial charge in [-0.05, 0) is 43.9 Å². The molecule has 0 spiro atoms. The summed E-state index contributed by atoms with van der Waals surface area (Å²) in [5.41, 5.74) is -0.0228. The molecule has 1 aliphatic rings. The standard InChI is InChI=1S/C18H17ClF2N2O4S/c19-13-6-1-10(18(25)23-17-8-14(20)15(21)9-22-17)7-16(13)28(26,27)12-4-2-11(24)3-5-12/h1,6-9,11-12,24H,2-5H2,(H,22,23,25). The highest BCUT2D eigenvalue weighted by atomic mass is 35.5. The third-order valence-electron chi connectivity index (χ3n) is 4.63. The fourth-order valence-corrected chi connectivity index (χ4v) is 5.39. The molecule has 0 unspecified atom stereocenters. The first kappa shape index (κ1) is 20.6. The molecule has 2 aromatic rings. The van der Waals surface area contributed by atoms with Crippen LogP contribution in [-0.2, 0) is 9.84 Å². The number of aliphatic hydroxyl groups is 1. The van der Waals surface area contributed by atoms with E-state index < -0.39 is 38.7 Å². The van der Waals surface area contributed by atoms with Crippen LogP contribution >= 0.6 is 11.6 Å². The second kappa shape index (κ2) is 8.10. The van der Waals surface area contributed by atoms with Gasteiger partial charge in [0.2, 0.25) is 0 Å². The van der Waals surface area contributed by atoms with Gasteiger partial charge in [-0.3, -0.25) is 4.79 Å². The molecule has 1 aromatic heterocycles. The van der Waals surface area contributed by atoms with Gasteiger partial charge >= 0.3 is 0 Å². The zero-order valence-electron chi connectivity index (χ0n) is 14.5. The second-order valence-electron chi connectivity index (χ2n) is 6.56. The Morgan fingerprint density at radius 1 is 1.14 bits per heavy atom. The minimum atomic E-state index is -3.81. The van der Waals surface area contributed by atoms with Crippen LogP contribution in [0.1, 0.15) is 36.0 Å². The van der Waals surface area contributed by atoms with Gasteiger partial charge in [0.15, 0.2) is 21.5 Å². The fourth-order valence-electron chi connectivity index (χ4n) is 3.07. The lowest BCUT2D eigenvalue weighted by Gasteiger charge is -2.25. The number of nitrogens with zero attached hydrogens (tertiary/aromatic N) is 1. The maximum atomic E-state index is 13.3. The van der Waals surface area contributed by atoms with E-state index in [4.69, 9.17) is 11.6 Å². The van der Waals surface area contributed by atoms with Crippen molar-refractivity contribution < 1.29 is 27.1 Å². The maximum absolute atomic E-state index is 13.3. The summed E-state index contributed by atoms with van der Waals surface area (Å²) in [5.74, 6) is -3.30. The molecule has 150 valence electrons. The fraction of sp³-hybridized carbons (Fsp3) is 0.333. The molecule has 0 radical (unpaired) electrons. The van der Waals surface area contributed by atoms with Gasteiger partial charge in [-0.15, -0.1) is 0 Å². The van der Waals surface area contributed by atoms with Gasteiger partial charge in [-0.1, -0.05) is 11.6 Å². The zero-order chi connectivity index (χ0) is 20.5. The molecule has 1 heterocycles. The lowest BCUT2D eigenvalue weighted by atomic mass is 9.97. The number of amides is 1. The van der Waals surface area contributed by atoms with Gasteiger partial charge < -0.3 is 10.4 Å². The first-order valence-electron chi connectivity index (χ1n) is 8.52. The van der Waals surface area contributed by atoms with E-state index in [2.05, 4.69) is 10.3 Å². The molecule has 10 heteroatoms. The average molecular weight is 431 g/mol. The number of hydrogen-bond donors (Lipinski definition) is 2. The van der Waals surface area contributed by atoms with E-state index in [9.17, 15) is 27.1 Å². The van der Waals surface area contributed by atoms with Crippen LogP contribution in [0, 0.1) is 11.6 Å². The molecule has 2 N–H and O–H groups in total. The summed E-state index contributed by atoms with van der Waals surface area (Å²) < 4.78 is 52.1. The monoisotopic (exact) mass is 430 g/mol. The molecule has 1 amide bonds. The molecule has 0 saturated heterocycles. The van der Waals surface area contributed by atoms with Crippen molar-refractivity contribution in [2.75, 3.05) is 5.32 Å². The SMILES string of the molecule is O=C(Nc1cc(F)c(F)cn1)c1ccc(Cl)c(S(=O)(=O)C2CCC(O)CC2)c1. The minimum Gasteiger partial charge on any atom is -0.393 e. The van der Waals surface area contributed by atoms with Crippen molar-refractivity contribution in [3.8, 4) is 0 Å². The molecule has 1 saturated carbocycles. The molecule has 3 rings (SSSR count). The van der Waals surface area contributed by atoms with Crippen LogP contribution in [-0.4, -0.2) is 35.8 Å². The predicted octanol–water partition coefficient (Wildman–Crippen LogP) is 3.34. The summed E-state index contributed by atoms with van der Waals surface area (Å²) in [6.45, 7) is 0. The molecule has 6 nitrogen and oxygen atoms in total. The predicted molar refractivity (Wildman–Crippen MR) is 99.0 cm³/mol. The number of hydrogen-bond acceptors (Lipinski definition) is 5. The molecular formula is C18H17ClF2N2O4S. The topological polar surface area (TPSA) is 96.4 Å². The lowest BCUT2D eigenvalue weighted by Crippen LogP contribution is -2.29. The van der Waals surface area contributed by atoms with E-state index >= 15 is 0 Å². The normalized spacial score (nSPS) is 20.0. The average Bonchev–Trinajstić information content (AvgIpc) is 2.65. The first-order chi connectivity index (χ1) is 13.2. The van der Waals surface area contributed by atoms with Crippen molar-refractivity contribution in [1.29, 1.82) is 0 Å². The maximum Gasteiger partial charge on any atom is 0.256 e. The summed E-state index contributed by atoms with van der Waals surface area (Å²) in [5, 5.41) is 11.1. The Morgan fingerprint density at radius 2 is 1.82 bits per heavy atom. The molecule has 0 atom stereocenters. The number of carbonyl (C=O) groups is 1. The summed E-state index contributed by atoms with van der Waals surface area (Å²) in [6.07, 6.45) is 1.47. The lowest BCUT2D eigenvalue weighted by molar-refractivity contribution is 0.102. The summed E-state index contributed by atoms with van der Waals surface area (Å²) >= 11 is 6.07. The highest BCUT2D eigenvalue weighted by Gasteiger charge is 2.33. The van der Waals surface area contributed by atoms with Crippen molar-refractivity contribution in [3.05, 3.63) is 52.7 Å². The van der Waals surface area contributed by atoms with Crippen LogP contribution < -0.4 is 5.32 Å². The number of nitrogens with one attached hydrogen (secondary N) is 1. The summed E-state index contributed by atoms with van der Waals surface area (Å²) in [6, 6.07) is 4.48. The number of anilines is 1. The Kier molecular flexibility index (Phi) is 5.97. The second-order valence-corrected chi connectivity index (χ2v) is 9.16. The van der Waals surface area contributed by atoms with Crippen LogP contribution in [0.3, 0.4) is 0 Å². The van der Waals surface area contributed by atoms with E-state index in [1.165, 1.54) is 12.1 Å². The summed E-state index contributed by atoms with van der Waals surface area (Å²) in [7, 11) is -3.81. The Labute approximate surface area is 165 Å². The van der Waals surface area contributed by atoms with Crippen LogP contribution in [0.5, 0.6) is 0 Å². The highest BCUT2D eigenvalue weighted by molar-refractivity contribution is 7.92. The number of sulfone groups is 1. The van der Waals surface area contributed by atoms with Gasteiger partial charge in [-0.25, -0.2) is 22.2 Å². The first-order valence-corrected chi connectivity index (χ1v) is 10.4. The van der Waals surface area contributed by atoms with E-state index in [1.54, 1.807) is 0 Å². The van der Waals surface area contributed by atoms with Gasteiger partial charge in [0.05, 0.1) is 27.5 Å². The molecular weight excluding hydrogens is 414 g/mol. The number of aliphatic hydroxyl groups excluding tert-OH is 1. The largest absolute Gasteiger partial charge is 0.393 e. The van der Waals surface area contributed by atoms with E-state index in [0.717, 1.165) is 6.07 Å². The number of pyridine rings is 1. The number of rotatable bonds is 4. The Balaban J connectivity index is 1.86. The van der Waals surface area contributed by atoms with Crippen molar-refractivity contribution in [1.82, 2.24) is 4.98 Å². The number of halogens is 3. The van der Waals surface area contributed by atoms with Gasteiger partial charge in [-0.2, -0.15) is 0 Å². The van der Waals surface area contributed by atoms with Crippen LogP contribution in [0.25, 0.3) is 0 Å². The van der Waals surface area contributed by atoms with Gasteiger partial charge in [0, 0.05) is 11.6 Å². The van der Waals surface area contributed by atoms with Gasteiger partial charge in [0.1, 0.15) is 5.82 Å². The van der Waals surface area contributed by atoms with E-state index in [0.29, 0.717) is 37.9 Å². The van der Waals surface area contributed by atoms with Crippen LogP contribution in [0.4, 0.5) is 14.6 Å². The minimum absolute atomic E-state index is 0.0198. The third kappa shape index (κ3) is 4.31. The highest BCUT2D eigenvalue weighted by Crippen LogP contribution is 2.33. The number of carbonyl (C=O) groups excluding carboxylic acids is 1. The van der Waals surface area contributed by atoms with Crippen molar-refractivity contribution >= 4 is 33.2 Å².